The number of aromatic nitrogens is 1. The third-order valence-corrected chi connectivity index (χ3v) is 5.90. The molecule has 0 unspecified atom stereocenters. The number of fused-ring (bicyclic) bond motifs is 1. The number of benzene rings is 3. The molecule has 4 aromatic rings. The van der Waals surface area contributed by atoms with Crippen molar-refractivity contribution < 1.29 is 9.90 Å². The highest BCUT2D eigenvalue weighted by Gasteiger charge is 2.10. The van der Waals surface area contributed by atoms with Crippen molar-refractivity contribution in [2.24, 2.45) is 5.10 Å². The van der Waals surface area contributed by atoms with Crippen molar-refractivity contribution in [2.75, 3.05) is 0 Å². The zero-order valence-electron chi connectivity index (χ0n) is 18.2. The Labute approximate surface area is 192 Å². The van der Waals surface area contributed by atoms with E-state index in [4.69, 9.17) is 11.6 Å². The quantitative estimate of drug-likeness (QED) is 0.304. The topological polar surface area (TPSA) is 66.6 Å². The molecule has 5 nitrogen and oxygen atoms in total. The van der Waals surface area contributed by atoms with Crippen LogP contribution in [0.3, 0.4) is 0 Å². The molecule has 162 valence electrons. The van der Waals surface area contributed by atoms with Crippen molar-refractivity contribution in [3.8, 4) is 5.75 Å². The van der Waals surface area contributed by atoms with E-state index in [9.17, 15) is 9.90 Å². The molecule has 0 saturated carbocycles. The van der Waals surface area contributed by atoms with E-state index in [1.165, 1.54) is 40.5 Å². The third-order valence-electron chi connectivity index (χ3n) is 5.60. The number of nitrogens with zero attached hydrogens (tertiary/aromatic N) is 2. The number of phenols is 1. The first kappa shape index (κ1) is 21.7. The van der Waals surface area contributed by atoms with Crippen molar-refractivity contribution in [1.82, 2.24) is 9.99 Å². The second-order valence-electron chi connectivity index (χ2n) is 7.97. The highest BCUT2D eigenvalue weighted by Crippen LogP contribution is 2.24. The highest BCUT2D eigenvalue weighted by atomic mass is 35.5. The van der Waals surface area contributed by atoms with Gasteiger partial charge in [-0.05, 0) is 67.8 Å². The third kappa shape index (κ3) is 4.39. The predicted octanol–water partition coefficient (Wildman–Crippen LogP) is 5.74. The van der Waals surface area contributed by atoms with E-state index < -0.39 is 5.91 Å². The molecule has 0 radical (unpaired) electrons. The van der Waals surface area contributed by atoms with Crippen LogP contribution in [0.1, 0.15) is 38.2 Å². The predicted molar refractivity (Wildman–Crippen MR) is 130 cm³/mol. The largest absolute Gasteiger partial charge is 0.506 e. The van der Waals surface area contributed by atoms with Gasteiger partial charge in [-0.1, -0.05) is 41.4 Å². The van der Waals surface area contributed by atoms with E-state index in [1.807, 2.05) is 12.1 Å². The molecule has 4 rings (SSSR count). The number of amides is 1. The lowest BCUT2D eigenvalue weighted by atomic mass is 10.00. The zero-order valence-corrected chi connectivity index (χ0v) is 18.9. The van der Waals surface area contributed by atoms with E-state index >= 15 is 0 Å². The molecule has 2 N–H and O–H groups in total. The van der Waals surface area contributed by atoms with Crippen LogP contribution in [0.5, 0.6) is 5.75 Å². The molecule has 0 aliphatic carbocycles. The summed E-state index contributed by atoms with van der Waals surface area (Å²) in [5.41, 5.74) is 10.0. The fraction of sp³-hybridized carbons (Fsp3) is 0.154. The monoisotopic (exact) mass is 445 g/mol. The van der Waals surface area contributed by atoms with E-state index in [2.05, 4.69) is 66.3 Å². The molecule has 0 aliphatic rings. The molecule has 1 heterocycles. The second-order valence-corrected chi connectivity index (χ2v) is 8.37. The first-order valence-electron chi connectivity index (χ1n) is 10.3. The summed E-state index contributed by atoms with van der Waals surface area (Å²) in [5.74, 6) is -0.475. The number of aryl methyl sites for hydroxylation is 3. The van der Waals surface area contributed by atoms with Crippen LogP contribution in [0.2, 0.25) is 5.02 Å². The molecule has 1 aromatic heterocycles. The Morgan fingerprint density at radius 3 is 2.56 bits per heavy atom. The van der Waals surface area contributed by atoms with Crippen LogP contribution in [-0.4, -0.2) is 21.8 Å². The minimum atomic E-state index is -0.404. The van der Waals surface area contributed by atoms with Gasteiger partial charge in [-0.2, -0.15) is 5.10 Å². The molecule has 3 aromatic carbocycles. The van der Waals surface area contributed by atoms with Crippen molar-refractivity contribution in [2.45, 2.75) is 27.3 Å². The second kappa shape index (κ2) is 8.89. The summed E-state index contributed by atoms with van der Waals surface area (Å²) >= 11 is 5.87. The van der Waals surface area contributed by atoms with Gasteiger partial charge >= 0.3 is 0 Å². The van der Waals surface area contributed by atoms with Gasteiger partial charge in [0.25, 0.3) is 5.91 Å². The lowest BCUT2D eigenvalue weighted by Gasteiger charge is -2.13. The van der Waals surface area contributed by atoms with Crippen LogP contribution in [-0.2, 0) is 6.54 Å². The summed E-state index contributed by atoms with van der Waals surface area (Å²) in [4.78, 5) is 12.3. The van der Waals surface area contributed by atoms with Gasteiger partial charge in [-0.3, -0.25) is 4.79 Å². The number of aromatic hydroxyl groups is 1. The van der Waals surface area contributed by atoms with Crippen molar-refractivity contribution in [1.29, 1.82) is 0 Å². The molecule has 0 fully saturated rings. The van der Waals surface area contributed by atoms with Crippen LogP contribution in [0.4, 0.5) is 0 Å². The maximum atomic E-state index is 12.3. The maximum absolute atomic E-state index is 12.3. The van der Waals surface area contributed by atoms with Crippen molar-refractivity contribution >= 4 is 34.6 Å². The van der Waals surface area contributed by atoms with Crippen LogP contribution < -0.4 is 5.43 Å². The molecule has 0 spiro atoms. The van der Waals surface area contributed by atoms with Crippen LogP contribution in [0.25, 0.3) is 10.9 Å². The van der Waals surface area contributed by atoms with E-state index in [0.717, 1.165) is 23.0 Å². The minimum Gasteiger partial charge on any atom is -0.506 e. The first-order valence-corrected chi connectivity index (χ1v) is 10.7. The van der Waals surface area contributed by atoms with Gasteiger partial charge < -0.3 is 9.67 Å². The highest BCUT2D eigenvalue weighted by molar-refractivity contribution is 6.32. The Morgan fingerprint density at radius 2 is 1.84 bits per heavy atom. The molecule has 6 heteroatoms. The minimum absolute atomic E-state index is 0.0704. The Hall–Kier alpha value is -3.57. The number of hydrogen-bond acceptors (Lipinski definition) is 3. The lowest BCUT2D eigenvalue weighted by molar-refractivity contribution is 0.0955. The summed E-state index contributed by atoms with van der Waals surface area (Å²) < 4.78 is 2.23. The molecular weight excluding hydrogens is 422 g/mol. The molecule has 0 atom stereocenters. The van der Waals surface area contributed by atoms with Gasteiger partial charge in [-0.15, -0.1) is 0 Å². The average molecular weight is 446 g/mol. The number of hydrogen-bond donors (Lipinski definition) is 2. The maximum Gasteiger partial charge on any atom is 0.271 e. The van der Waals surface area contributed by atoms with Gasteiger partial charge in [0.2, 0.25) is 0 Å². The summed E-state index contributed by atoms with van der Waals surface area (Å²) in [7, 11) is 0. The molecule has 32 heavy (non-hydrogen) atoms. The van der Waals surface area contributed by atoms with Gasteiger partial charge in [0, 0.05) is 34.8 Å². The van der Waals surface area contributed by atoms with E-state index in [1.54, 1.807) is 6.21 Å². The van der Waals surface area contributed by atoms with Gasteiger partial charge in [-0.25, -0.2) is 5.43 Å². The fourth-order valence-electron chi connectivity index (χ4n) is 4.00. The zero-order chi connectivity index (χ0) is 22.8. The number of halogens is 1. The number of rotatable bonds is 5. The lowest BCUT2D eigenvalue weighted by Crippen LogP contribution is -2.17. The molecule has 1 amide bonds. The van der Waals surface area contributed by atoms with Gasteiger partial charge in [0.1, 0.15) is 5.75 Å². The summed E-state index contributed by atoms with van der Waals surface area (Å²) in [6.07, 6.45) is 3.72. The van der Waals surface area contributed by atoms with Gasteiger partial charge in [0.05, 0.1) is 11.2 Å². The smallest absolute Gasteiger partial charge is 0.271 e. The Kier molecular flexibility index (Phi) is 6.01. The normalized spacial score (nSPS) is 11.4. The summed E-state index contributed by atoms with van der Waals surface area (Å²) in [6.45, 7) is 7.22. The number of carbonyl (C=O) groups is 1. The average Bonchev–Trinajstić information content (AvgIpc) is 3.16. The van der Waals surface area contributed by atoms with Crippen LogP contribution in [0.15, 0.2) is 65.9 Å². The standard InChI is InChI=1S/C26H24ClN3O2/c1-16-11-17(2)22(18(3)12-16)15-30-10-9-21-20(5-4-6-24(21)30)14-28-29-26(32)19-7-8-25(31)23(27)13-19/h4-14,31H,15H2,1-3H3,(H,29,32)/b28-14+. The fourth-order valence-corrected chi connectivity index (χ4v) is 4.18. The SMILES string of the molecule is Cc1cc(C)c(Cn2ccc3c(/C=N/NC(=O)c4ccc(O)c(Cl)c4)cccc32)c(C)c1. The van der Waals surface area contributed by atoms with Crippen molar-refractivity contribution in [3.63, 3.8) is 0 Å². The Balaban J connectivity index is 1.55. The molecule has 0 aliphatic heterocycles. The first-order chi connectivity index (χ1) is 15.3. The number of hydrazone groups is 1. The number of phenolic OH excluding ortho intramolecular Hbond substituents is 1. The number of nitrogens with one attached hydrogen (secondary N) is 1. The molecule has 0 bridgehead atoms. The molecule has 0 saturated heterocycles. The number of carbonyl (C=O) groups excluding carboxylic acids is 1. The van der Waals surface area contributed by atoms with E-state index in [0.29, 0.717) is 5.56 Å². The van der Waals surface area contributed by atoms with Crippen LogP contribution >= 0.6 is 11.6 Å². The summed E-state index contributed by atoms with van der Waals surface area (Å²) in [5, 5.41) is 14.8. The summed E-state index contributed by atoms with van der Waals surface area (Å²) in [6, 6.07) is 16.8. The van der Waals surface area contributed by atoms with Gasteiger partial charge in [0.15, 0.2) is 0 Å². The van der Waals surface area contributed by atoms with Crippen molar-refractivity contribution in [3.05, 3.63) is 99.2 Å². The Bertz CT molecular complexity index is 1330. The van der Waals surface area contributed by atoms with E-state index in [-0.39, 0.29) is 10.8 Å². The van der Waals surface area contributed by atoms with Crippen LogP contribution in [0, 0.1) is 20.8 Å². The molecular formula is C26H24ClN3O2. The Morgan fingerprint density at radius 1 is 1.09 bits per heavy atom.